The largest absolute Gasteiger partial charge is 0.302 e. The van der Waals surface area contributed by atoms with Crippen molar-refractivity contribution in [2.24, 2.45) is 0 Å². The molecule has 0 atom stereocenters. The fourth-order valence-electron chi connectivity index (χ4n) is 0.521. The molecule has 0 spiro atoms. The summed E-state index contributed by atoms with van der Waals surface area (Å²) < 4.78 is 0. The number of halogens is 1. The Morgan fingerprint density at radius 2 is 2.22 bits per heavy atom. The number of hydrogen-bond donors (Lipinski definition) is 0. The van der Waals surface area contributed by atoms with Crippen molar-refractivity contribution in [1.82, 2.24) is 4.90 Å². The van der Waals surface area contributed by atoms with Crippen LogP contribution in [0.1, 0.15) is 6.92 Å². The van der Waals surface area contributed by atoms with Crippen LogP contribution >= 0.6 is 15.9 Å². The number of allylic oxidation sites excluding steroid dienone is 1. The van der Waals surface area contributed by atoms with Crippen molar-refractivity contribution in [2.75, 3.05) is 25.5 Å². The molecule has 0 unspecified atom stereocenters. The van der Waals surface area contributed by atoms with E-state index in [1.807, 2.05) is 6.92 Å². The van der Waals surface area contributed by atoms with Gasteiger partial charge in [-0.05, 0) is 14.0 Å². The van der Waals surface area contributed by atoms with Crippen LogP contribution in [0.5, 0.6) is 0 Å². The molecule has 0 aromatic heterocycles. The smallest absolute Gasteiger partial charge is 0.0160 e. The minimum Gasteiger partial charge on any atom is -0.302 e. The predicted molar refractivity (Wildman–Crippen MR) is 46.1 cm³/mol. The number of alkyl halides is 1. The molecule has 2 heteroatoms. The van der Waals surface area contributed by atoms with Crippen LogP contribution in [0.4, 0.5) is 0 Å². The molecular formula is C7H14BrN. The van der Waals surface area contributed by atoms with Gasteiger partial charge in [-0.25, -0.2) is 0 Å². The second-order valence-electron chi connectivity index (χ2n) is 2.02. The van der Waals surface area contributed by atoms with Gasteiger partial charge in [-0.2, -0.15) is 0 Å². The second-order valence-corrected chi connectivity index (χ2v) is 2.81. The predicted octanol–water partition coefficient (Wildman–Crippen LogP) is 1.89. The van der Waals surface area contributed by atoms with Crippen LogP contribution in [0.25, 0.3) is 0 Å². The Labute approximate surface area is 65.9 Å². The molecule has 0 amide bonds. The number of likely N-dealkylation sites (N-methyl/N-ethyl adjacent to an activating group) is 1. The van der Waals surface area contributed by atoms with Crippen molar-refractivity contribution in [2.45, 2.75) is 6.92 Å². The van der Waals surface area contributed by atoms with E-state index >= 15 is 0 Å². The Hall–Kier alpha value is 0.180. The van der Waals surface area contributed by atoms with E-state index in [0.717, 1.165) is 18.4 Å². The highest BCUT2D eigenvalue weighted by molar-refractivity contribution is 9.09. The van der Waals surface area contributed by atoms with E-state index in [1.165, 1.54) is 0 Å². The topological polar surface area (TPSA) is 3.24 Å². The molecule has 0 rings (SSSR count). The molecule has 0 saturated carbocycles. The maximum atomic E-state index is 3.38. The first-order valence-electron chi connectivity index (χ1n) is 3.17. The monoisotopic (exact) mass is 191 g/mol. The molecule has 1 nitrogen and oxygen atoms in total. The number of hydrogen-bond acceptors (Lipinski definition) is 1. The van der Waals surface area contributed by atoms with E-state index in [0.29, 0.717) is 0 Å². The lowest BCUT2D eigenvalue weighted by molar-refractivity contribution is 0.396. The maximum Gasteiger partial charge on any atom is 0.0160 e. The molecule has 0 saturated heterocycles. The van der Waals surface area contributed by atoms with Crippen molar-refractivity contribution in [3.8, 4) is 0 Å². The minimum atomic E-state index is 1.06. The molecule has 0 radical (unpaired) electrons. The summed E-state index contributed by atoms with van der Waals surface area (Å²) in [5.74, 6) is 0. The van der Waals surface area contributed by atoms with Crippen molar-refractivity contribution in [3.05, 3.63) is 12.2 Å². The zero-order valence-corrected chi connectivity index (χ0v) is 7.69. The van der Waals surface area contributed by atoms with Crippen LogP contribution in [-0.2, 0) is 0 Å². The van der Waals surface area contributed by atoms with Gasteiger partial charge >= 0.3 is 0 Å². The summed E-state index contributed by atoms with van der Waals surface area (Å²) in [6.07, 6.45) is 4.23. The van der Waals surface area contributed by atoms with E-state index in [2.05, 4.69) is 40.0 Å². The first-order chi connectivity index (χ1) is 4.31. The van der Waals surface area contributed by atoms with Gasteiger partial charge in [-0.3, -0.25) is 0 Å². The molecule has 0 aliphatic heterocycles. The molecular weight excluding hydrogens is 178 g/mol. The van der Waals surface area contributed by atoms with Gasteiger partial charge in [-0.15, -0.1) is 0 Å². The highest BCUT2D eigenvalue weighted by Gasteiger charge is 1.89. The van der Waals surface area contributed by atoms with Gasteiger partial charge in [0.25, 0.3) is 0 Å². The van der Waals surface area contributed by atoms with Crippen molar-refractivity contribution >= 4 is 15.9 Å². The van der Waals surface area contributed by atoms with Crippen LogP contribution < -0.4 is 0 Å². The van der Waals surface area contributed by atoms with Crippen LogP contribution in [-0.4, -0.2) is 30.4 Å². The summed E-state index contributed by atoms with van der Waals surface area (Å²) in [6.45, 7) is 4.22. The molecule has 0 fully saturated rings. The molecule has 0 aromatic rings. The van der Waals surface area contributed by atoms with Crippen LogP contribution in [0, 0.1) is 0 Å². The Morgan fingerprint density at radius 1 is 1.56 bits per heavy atom. The van der Waals surface area contributed by atoms with E-state index < -0.39 is 0 Å². The molecule has 0 bridgehead atoms. The van der Waals surface area contributed by atoms with Crippen molar-refractivity contribution in [3.63, 3.8) is 0 Å². The second kappa shape index (κ2) is 6.30. The van der Waals surface area contributed by atoms with Gasteiger partial charge in [0.2, 0.25) is 0 Å². The lowest BCUT2D eigenvalue weighted by Crippen LogP contribution is -2.20. The SMILES string of the molecule is C/C=C/CN(C)CCBr. The first-order valence-corrected chi connectivity index (χ1v) is 4.29. The highest BCUT2D eigenvalue weighted by atomic mass is 79.9. The van der Waals surface area contributed by atoms with E-state index in [4.69, 9.17) is 0 Å². The minimum absolute atomic E-state index is 1.06. The van der Waals surface area contributed by atoms with E-state index in [-0.39, 0.29) is 0 Å². The first kappa shape index (κ1) is 9.18. The Balaban J connectivity index is 3.15. The Morgan fingerprint density at radius 3 is 2.67 bits per heavy atom. The third kappa shape index (κ3) is 6.06. The summed E-state index contributed by atoms with van der Waals surface area (Å²) in [7, 11) is 2.11. The average molecular weight is 192 g/mol. The third-order valence-corrected chi connectivity index (χ3v) is 1.47. The molecule has 9 heavy (non-hydrogen) atoms. The highest BCUT2D eigenvalue weighted by Crippen LogP contribution is 1.86. The van der Waals surface area contributed by atoms with Crippen molar-refractivity contribution < 1.29 is 0 Å². The van der Waals surface area contributed by atoms with Crippen LogP contribution in [0.3, 0.4) is 0 Å². The molecule has 0 aliphatic carbocycles. The molecule has 0 aliphatic rings. The maximum absolute atomic E-state index is 3.38. The normalized spacial score (nSPS) is 11.6. The van der Waals surface area contributed by atoms with Gasteiger partial charge in [0.15, 0.2) is 0 Å². The summed E-state index contributed by atoms with van der Waals surface area (Å²) in [4.78, 5) is 2.26. The Bertz CT molecular complexity index is 81.0. The fourth-order valence-corrected chi connectivity index (χ4v) is 1.13. The quantitative estimate of drug-likeness (QED) is 0.485. The summed E-state index contributed by atoms with van der Waals surface area (Å²) in [5, 5.41) is 1.06. The van der Waals surface area contributed by atoms with Gasteiger partial charge in [0.1, 0.15) is 0 Å². The fraction of sp³-hybridized carbons (Fsp3) is 0.714. The zero-order chi connectivity index (χ0) is 7.11. The van der Waals surface area contributed by atoms with Gasteiger partial charge in [0.05, 0.1) is 0 Å². The number of nitrogens with zero attached hydrogens (tertiary/aromatic N) is 1. The summed E-state index contributed by atoms with van der Waals surface area (Å²) in [5.41, 5.74) is 0. The standard InChI is InChI=1S/C7H14BrN/c1-3-4-6-9(2)7-5-8/h3-4H,5-7H2,1-2H3/b4-3+. The summed E-state index contributed by atoms with van der Waals surface area (Å²) >= 11 is 3.38. The zero-order valence-electron chi connectivity index (χ0n) is 6.10. The van der Waals surface area contributed by atoms with Gasteiger partial charge < -0.3 is 4.90 Å². The molecule has 0 heterocycles. The van der Waals surface area contributed by atoms with E-state index in [1.54, 1.807) is 0 Å². The van der Waals surface area contributed by atoms with Gasteiger partial charge in [0, 0.05) is 18.4 Å². The van der Waals surface area contributed by atoms with Crippen LogP contribution in [0.2, 0.25) is 0 Å². The Kier molecular flexibility index (Phi) is 6.43. The van der Waals surface area contributed by atoms with Crippen LogP contribution in [0.15, 0.2) is 12.2 Å². The number of rotatable bonds is 4. The lowest BCUT2D eigenvalue weighted by Gasteiger charge is -2.10. The average Bonchev–Trinajstić information content (AvgIpc) is 1.85. The van der Waals surface area contributed by atoms with Crippen molar-refractivity contribution in [1.29, 1.82) is 0 Å². The lowest BCUT2D eigenvalue weighted by atomic mass is 10.5. The van der Waals surface area contributed by atoms with Gasteiger partial charge in [-0.1, -0.05) is 28.1 Å². The van der Waals surface area contributed by atoms with E-state index in [9.17, 15) is 0 Å². The third-order valence-electron chi connectivity index (χ3n) is 1.12. The summed E-state index contributed by atoms with van der Waals surface area (Å²) in [6, 6.07) is 0. The molecule has 54 valence electrons. The molecule has 0 aromatic carbocycles. The molecule has 0 N–H and O–H groups in total.